The van der Waals surface area contributed by atoms with Crippen molar-refractivity contribution in [3.8, 4) is 0 Å². The van der Waals surface area contributed by atoms with Crippen molar-refractivity contribution in [2.75, 3.05) is 68.8 Å². The molecule has 232 valence electrons. The van der Waals surface area contributed by atoms with Gasteiger partial charge in [-0.15, -0.1) is 0 Å². The summed E-state index contributed by atoms with van der Waals surface area (Å²) in [6.45, 7) is 11.3. The van der Waals surface area contributed by atoms with Crippen LogP contribution in [-0.2, 0) is 9.84 Å². The van der Waals surface area contributed by atoms with Gasteiger partial charge in [-0.05, 0) is 88.2 Å². The first kappa shape index (κ1) is 32.3. The van der Waals surface area contributed by atoms with Crippen LogP contribution < -0.4 is 10.2 Å². The molecule has 2 aliphatic heterocycles. The van der Waals surface area contributed by atoms with Crippen LogP contribution in [0.25, 0.3) is 0 Å². The number of likely N-dealkylation sites (tertiary alicyclic amines) is 1. The maximum absolute atomic E-state index is 14.1. The zero-order chi connectivity index (χ0) is 30.0. The molecule has 0 bridgehead atoms. The minimum absolute atomic E-state index is 0.0711. The van der Waals surface area contributed by atoms with Crippen LogP contribution in [0.15, 0.2) is 47.4 Å². The molecule has 42 heavy (non-hydrogen) atoms. The number of nitrogens with one attached hydrogen (secondary N) is 1. The van der Waals surface area contributed by atoms with Crippen molar-refractivity contribution >= 4 is 27.1 Å². The highest BCUT2D eigenvalue weighted by Crippen LogP contribution is 2.37. The van der Waals surface area contributed by atoms with E-state index in [9.17, 15) is 13.2 Å². The van der Waals surface area contributed by atoms with E-state index in [0.29, 0.717) is 24.6 Å². The number of carbonyl (C=O) groups is 1. The van der Waals surface area contributed by atoms with Crippen LogP contribution in [-0.4, -0.2) is 82.7 Å². The average Bonchev–Trinajstić information content (AvgIpc) is 3.52. The van der Waals surface area contributed by atoms with Crippen LogP contribution in [0, 0.1) is 0 Å². The summed E-state index contributed by atoms with van der Waals surface area (Å²) in [6.07, 6.45) is 10.6. The predicted molar refractivity (Wildman–Crippen MR) is 175 cm³/mol. The monoisotopic (exact) mass is 596 g/mol. The second kappa shape index (κ2) is 15.8. The number of hydrogen-bond donors (Lipinski definition) is 1. The fraction of sp³-hybridized carbons (Fsp3) is 0.618. The van der Waals surface area contributed by atoms with Gasteiger partial charge >= 0.3 is 0 Å². The second-order valence-corrected chi connectivity index (χ2v) is 14.1. The molecule has 0 radical (unpaired) electrons. The maximum atomic E-state index is 14.1. The van der Waals surface area contributed by atoms with Crippen molar-refractivity contribution in [3.05, 3.63) is 53.6 Å². The van der Waals surface area contributed by atoms with Crippen LogP contribution in [0.4, 0.5) is 11.4 Å². The largest absolute Gasteiger partial charge is 0.384 e. The molecule has 4 rings (SSSR count). The number of benzene rings is 2. The highest BCUT2D eigenvalue weighted by atomic mass is 32.2. The molecule has 0 aliphatic carbocycles. The molecule has 2 saturated heterocycles. The molecule has 2 aliphatic rings. The Bertz CT molecular complexity index is 1230. The minimum atomic E-state index is -3.56. The van der Waals surface area contributed by atoms with Crippen molar-refractivity contribution in [1.82, 2.24) is 9.80 Å². The number of carbonyl (C=O) groups excluding carboxylic acids is 1. The topological polar surface area (TPSA) is 73.0 Å². The van der Waals surface area contributed by atoms with Gasteiger partial charge in [0.15, 0.2) is 9.84 Å². The Morgan fingerprint density at radius 3 is 2.17 bits per heavy atom. The summed E-state index contributed by atoms with van der Waals surface area (Å²) in [4.78, 5) is 21.0. The number of nitrogens with zero attached hydrogens (tertiary/aromatic N) is 3. The lowest BCUT2D eigenvalue weighted by Gasteiger charge is -2.35. The molecule has 0 unspecified atom stereocenters. The lowest BCUT2D eigenvalue weighted by molar-refractivity contribution is 0.0751. The lowest BCUT2D eigenvalue weighted by Crippen LogP contribution is -2.35. The Morgan fingerprint density at radius 2 is 1.57 bits per heavy atom. The van der Waals surface area contributed by atoms with Crippen molar-refractivity contribution in [3.63, 3.8) is 0 Å². The lowest BCUT2D eigenvalue weighted by atomic mass is 9.89. The normalized spacial score (nSPS) is 16.6. The first-order valence-corrected chi connectivity index (χ1v) is 18.1. The van der Waals surface area contributed by atoms with E-state index in [4.69, 9.17) is 0 Å². The van der Waals surface area contributed by atoms with Gasteiger partial charge in [0.25, 0.3) is 5.91 Å². The Labute approximate surface area is 254 Å². The van der Waals surface area contributed by atoms with Crippen LogP contribution in [0.5, 0.6) is 0 Å². The molecular formula is C34H52N4O3S. The van der Waals surface area contributed by atoms with Crippen LogP contribution >= 0.6 is 0 Å². The molecule has 2 heterocycles. The molecular weight excluding hydrogens is 544 g/mol. The summed E-state index contributed by atoms with van der Waals surface area (Å²) < 4.78 is 26.4. The Balaban J connectivity index is 1.63. The summed E-state index contributed by atoms with van der Waals surface area (Å²) in [5.41, 5.74) is 3.30. The fourth-order valence-corrected chi connectivity index (χ4v) is 7.23. The molecule has 1 N–H and O–H groups in total. The maximum Gasteiger partial charge on any atom is 0.255 e. The van der Waals surface area contributed by atoms with Gasteiger partial charge in [-0.25, -0.2) is 8.42 Å². The van der Waals surface area contributed by atoms with Gasteiger partial charge in [0.2, 0.25) is 0 Å². The number of amides is 1. The molecule has 8 heteroatoms. The third-order valence-electron chi connectivity index (χ3n) is 8.85. The summed E-state index contributed by atoms with van der Waals surface area (Å²) >= 11 is 0. The fourth-order valence-electron chi connectivity index (χ4n) is 6.33. The Hall–Kier alpha value is -2.58. The Morgan fingerprint density at radius 1 is 0.929 bits per heavy atom. The number of unbranched alkanes of at least 4 members (excludes halogenated alkanes) is 2. The van der Waals surface area contributed by atoms with Gasteiger partial charge < -0.3 is 20.0 Å². The van der Waals surface area contributed by atoms with Gasteiger partial charge in [-0.2, -0.15) is 0 Å². The quantitative estimate of drug-likeness (QED) is 0.240. The highest BCUT2D eigenvalue weighted by molar-refractivity contribution is 7.90. The molecule has 2 aromatic rings. The summed E-state index contributed by atoms with van der Waals surface area (Å²) in [7, 11) is -3.56. The van der Waals surface area contributed by atoms with Gasteiger partial charge in [0.05, 0.1) is 16.1 Å². The van der Waals surface area contributed by atoms with Gasteiger partial charge in [-0.1, -0.05) is 57.0 Å². The van der Waals surface area contributed by atoms with Crippen LogP contribution in [0.1, 0.15) is 93.5 Å². The number of rotatable bonds is 15. The number of anilines is 2. The molecule has 0 aromatic heterocycles. The van der Waals surface area contributed by atoms with Crippen molar-refractivity contribution in [2.24, 2.45) is 0 Å². The standard InChI is InChI=1S/C34H52N4O3S/c1-4-6-22-38(23-7-5-2)34(39)30-26-33(42(3,40)41)32(27-31(30)35-18-13-21-36-19-11-12-20-36)37-24-16-29(17-25-37)28-14-9-8-10-15-28/h8-10,14-15,26-27,29,35H,4-7,11-13,16-25H2,1-3H3. The number of hydrogen-bond acceptors (Lipinski definition) is 6. The smallest absolute Gasteiger partial charge is 0.255 e. The van der Waals surface area contributed by atoms with Gasteiger partial charge in [0.1, 0.15) is 0 Å². The molecule has 0 saturated carbocycles. The van der Waals surface area contributed by atoms with Crippen LogP contribution in [0.3, 0.4) is 0 Å². The first-order valence-electron chi connectivity index (χ1n) is 16.2. The molecule has 1 amide bonds. The third-order valence-corrected chi connectivity index (χ3v) is 9.98. The molecule has 7 nitrogen and oxygen atoms in total. The van der Waals surface area contributed by atoms with E-state index in [1.165, 1.54) is 37.8 Å². The summed E-state index contributed by atoms with van der Waals surface area (Å²) in [6, 6.07) is 14.2. The molecule has 0 spiro atoms. The highest BCUT2D eigenvalue weighted by Gasteiger charge is 2.29. The molecule has 0 atom stereocenters. The van der Waals surface area contributed by atoms with Crippen molar-refractivity contribution < 1.29 is 13.2 Å². The van der Waals surface area contributed by atoms with Crippen LogP contribution in [0.2, 0.25) is 0 Å². The Kier molecular flexibility index (Phi) is 12.1. The summed E-state index contributed by atoms with van der Waals surface area (Å²) in [5, 5.41) is 3.58. The van der Waals surface area contributed by atoms with E-state index in [-0.39, 0.29) is 10.8 Å². The van der Waals surface area contributed by atoms with Crippen molar-refractivity contribution in [2.45, 2.75) is 82.4 Å². The van der Waals surface area contributed by atoms with Crippen molar-refractivity contribution in [1.29, 1.82) is 0 Å². The summed E-state index contributed by atoms with van der Waals surface area (Å²) in [5.74, 6) is 0.400. The van der Waals surface area contributed by atoms with E-state index in [2.05, 4.69) is 53.2 Å². The predicted octanol–water partition coefficient (Wildman–Crippen LogP) is 6.41. The van der Waals surface area contributed by atoms with Gasteiger partial charge in [-0.3, -0.25) is 4.79 Å². The zero-order valence-electron chi connectivity index (χ0n) is 26.1. The average molecular weight is 597 g/mol. The van der Waals surface area contributed by atoms with E-state index >= 15 is 0 Å². The second-order valence-electron chi connectivity index (χ2n) is 12.1. The van der Waals surface area contributed by atoms with E-state index in [1.54, 1.807) is 6.07 Å². The van der Waals surface area contributed by atoms with E-state index < -0.39 is 9.84 Å². The van der Waals surface area contributed by atoms with E-state index in [1.807, 2.05) is 17.0 Å². The van der Waals surface area contributed by atoms with E-state index in [0.717, 1.165) is 82.5 Å². The first-order chi connectivity index (χ1) is 20.3. The SMILES string of the molecule is CCCCN(CCCC)C(=O)c1cc(S(C)(=O)=O)c(N2CCC(c3ccccc3)CC2)cc1NCCCN1CCCC1. The number of sulfone groups is 1. The molecule has 2 fully saturated rings. The third kappa shape index (κ3) is 8.73. The number of piperidine rings is 1. The molecule has 2 aromatic carbocycles. The minimum Gasteiger partial charge on any atom is -0.384 e. The van der Waals surface area contributed by atoms with Gasteiger partial charge in [0, 0.05) is 44.7 Å². The zero-order valence-corrected chi connectivity index (χ0v) is 26.9.